The maximum absolute atomic E-state index is 6.25. The van der Waals surface area contributed by atoms with Crippen LogP contribution in [0, 0.1) is 6.92 Å². The van der Waals surface area contributed by atoms with Gasteiger partial charge in [-0.2, -0.15) is 4.98 Å². The predicted molar refractivity (Wildman–Crippen MR) is 108 cm³/mol. The summed E-state index contributed by atoms with van der Waals surface area (Å²) in [7, 11) is 0. The van der Waals surface area contributed by atoms with Gasteiger partial charge in [0.1, 0.15) is 5.75 Å². The molecule has 0 N–H and O–H groups in total. The molecule has 0 atom stereocenters. The highest BCUT2D eigenvalue weighted by molar-refractivity contribution is 7.98. The van der Waals surface area contributed by atoms with Crippen molar-refractivity contribution in [3.63, 3.8) is 0 Å². The summed E-state index contributed by atoms with van der Waals surface area (Å²) in [6.07, 6.45) is 0. The fourth-order valence-electron chi connectivity index (χ4n) is 2.39. The predicted octanol–water partition coefficient (Wildman–Crippen LogP) is 6.65. The molecule has 0 saturated carbocycles. The van der Waals surface area contributed by atoms with Gasteiger partial charge in [0.05, 0.1) is 5.69 Å². The van der Waals surface area contributed by atoms with E-state index in [0.717, 1.165) is 27.6 Å². The minimum Gasteiger partial charge on any atom is -0.439 e. The van der Waals surface area contributed by atoms with Gasteiger partial charge in [-0.25, -0.2) is 4.98 Å². The quantitative estimate of drug-likeness (QED) is 0.352. The van der Waals surface area contributed by atoms with E-state index in [9.17, 15) is 0 Å². The molecule has 0 aliphatic rings. The first-order chi connectivity index (χ1) is 12.5. The van der Waals surface area contributed by atoms with E-state index in [1.165, 1.54) is 0 Å². The van der Waals surface area contributed by atoms with Gasteiger partial charge < -0.3 is 4.74 Å². The molecule has 3 rings (SSSR count). The lowest BCUT2D eigenvalue weighted by molar-refractivity contribution is 0.452. The molecule has 0 radical (unpaired) electrons. The van der Waals surface area contributed by atoms with Crippen molar-refractivity contribution in [1.29, 1.82) is 0 Å². The summed E-state index contributed by atoms with van der Waals surface area (Å²) in [5.41, 5.74) is 3.18. The molecule has 26 heavy (non-hydrogen) atoms. The first-order valence-electron chi connectivity index (χ1n) is 8.51. The summed E-state index contributed by atoms with van der Waals surface area (Å²) >= 11 is 7.81. The van der Waals surface area contributed by atoms with Crippen LogP contribution in [0.1, 0.15) is 36.6 Å². The second kappa shape index (κ2) is 8.56. The van der Waals surface area contributed by atoms with Crippen molar-refractivity contribution in [2.24, 2.45) is 0 Å². The molecule has 0 fully saturated rings. The van der Waals surface area contributed by atoms with Gasteiger partial charge in [0, 0.05) is 16.8 Å². The number of nitrogens with zero attached hydrogens (tertiary/aromatic N) is 2. The number of rotatable bonds is 6. The third-order valence-electron chi connectivity index (χ3n) is 3.82. The van der Waals surface area contributed by atoms with Gasteiger partial charge in [0.2, 0.25) is 5.88 Å². The van der Waals surface area contributed by atoms with Crippen molar-refractivity contribution < 1.29 is 4.74 Å². The molecule has 0 unspecified atom stereocenters. The highest BCUT2D eigenvalue weighted by Gasteiger charge is 2.11. The Morgan fingerprint density at radius 2 is 1.85 bits per heavy atom. The van der Waals surface area contributed by atoms with E-state index in [0.29, 0.717) is 16.8 Å². The highest BCUT2D eigenvalue weighted by atomic mass is 35.5. The van der Waals surface area contributed by atoms with Crippen LogP contribution in [0.3, 0.4) is 0 Å². The zero-order valence-electron chi connectivity index (χ0n) is 15.1. The van der Waals surface area contributed by atoms with Crippen LogP contribution >= 0.6 is 23.4 Å². The summed E-state index contributed by atoms with van der Waals surface area (Å²) in [6, 6.07) is 17.7. The van der Waals surface area contributed by atoms with Gasteiger partial charge in [-0.3, -0.25) is 0 Å². The lowest BCUT2D eigenvalue weighted by Crippen LogP contribution is -2.00. The van der Waals surface area contributed by atoms with Gasteiger partial charge >= 0.3 is 0 Å². The lowest BCUT2D eigenvalue weighted by atomic mass is 10.1. The Bertz CT molecular complexity index is 899. The number of benzene rings is 2. The first kappa shape index (κ1) is 18.7. The van der Waals surface area contributed by atoms with Gasteiger partial charge in [-0.1, -0.05) is 67.5 Å². The van der Waals surface area contributed by atoms with Crippen LogP contribution in [0.4, 0.5) is 0 Å². The van der Waals surface area contributed by atoms with Crippen molar-refractivity contribution in [2.75, 3.05) is 0 Å². The third kappa shape index (κ3) is 4.99. The van der Waals surface area contributed by atoms with E-state index in [1.54, 1.807) is 11.8 Å². The topological polar surface area (TPSA) is 35.0 Å². The number of aromatic nitrogens is 2. The third-order valence-corrected chi connectivity index (χ3v) is 5.08. The van der Waals surface area contributed by atoms with Crippen LogP contribution in [0.2, 0.25) is 5.02 Å². The molecule has 0 aliphatic heterocycles. The summed E-state index contributed by atoms with van der Waals surface area (Å²) in [5, 5.41) is 1.45. The number of hydrogen-bond donors (Lipinski definition) is 0. The van der Waals surface area contributed by atoms with Crippen LogP contribution in [0.25, 0.3) is 0 Å². The van der Waals surface area contributed by atoms with Crippen LogP contribution in [-0.2, 0) is 5.75 Å². The van der Waals surface area contributed by atoms with Gasteiger partial charge in [0.25, 0.3) is 0 Å². The van der Waals surface area contributed by atoms with Crippen molar-refractivity contribution in [3.8, 4) is 11.6 Å². The minimum absolute atomic E-state index is 0.289. The molecule has 0 aliphatic carbocycles. The van der Waals surface area contributed by atoms with Crippen molar-refractivity contribution in [1.82, 2.24) is 9.97 Å². The molecule has 2 aromatic carbocycles. The number of thioether (sulfide) groups is 1. The van der Waals surface area contributed by atoms with E-state index in [-0.39, 0.29) is 5.92 Å². The zero-order chi connectivity index (χ0) is 18.5. The van der Waals surface area contributed by atoms with E-state index < -0.39 is 0 Å². The molecule has 1 heterocycles. The summed E-state index contributed by atoms with van der Waals surface area (Å²) in [6.45, 7) is 6.26. The lowest BCUT2D eigenvalue weighted by Gasteiger charge is -2.11. The number of hydrogen-bond acceptors (Lipinski definition) is 4. The maximum atomic E-state index is 6.25. The summed E-state index contributed by atoms with van der Waals surface area (Å²) < 4.78 is 5.98. The largest absolute Gasteiger partial charge is 0.439 e. The van der Waals surface area contributed by atoms with E-state index in [1.807, 2.05) is 61.5 Å². The molecule has 3 aromatic rings. The average Bonchev–Trinajstić information content (AvgIpc) is 2.61. The zero-order valence-corrected chi connectivity index (χ0v) is 16.6. The fourth-order valence-corrected chi connectivity index (χ4v) is 3.53. The Labute approximate surface area is 163 Å². The van der Waals surface area contributed by atoms with E-state index in [4.69, 9.17) is 16.3 Å². The molecule has 0 amide bonds. The van der Waals surface area contributed by atoms with Crippen LogP contribution in [0.5, 0.6) is 11.6 Å². The summed E-state index contributed by atoms with van der Waals surface area (Å²) in [5.74, 6) is 2.35. The molecule has 134 valence electrons. The molecular formula is C21H21ClN2OS. The SMILES string of the molecule is Cc1cccc(Oc2cc(C(C)C)nc(SCc3ccccc3Cl)n2)c1. The second-order valence-corrected chi connectivity index (χ2v) is 7.72. The van der Waals surface area contributed by atoms with E-state index >= 15 is 0 Å². The molecule has 0 spiro atoms. The molecule has 3 nitrogen and oxygen atoms in total. The Morgan fingerprint density at radius 3 is 2.58 bits per heavy atom. The smallest absolute Gasteiger partial charge is 0.223 e. The molecular weight excluding hydrogens is 364 g/mol. The van der Waals surface area contributed by atoms with Crippen molar-refractivity contribution in [3.05, 3.63) is 76.4 Å². The van der Waals surface area contributed by atoms with Crippen LogP contribution < -0.4 is 4.74 Å². The van der Waals surface area contributed by atoms with E-state index in [2.05, 4.69) is 23.8 Å². The molecule has 0 bridgehead atoms. The maximum Gasteiger partial charge on any atom is 0.223 e. The Kier molecular flexibility index (Phi) is 6.17. The Morgan fingerprint density at radius 1 is 1.04 bits per heavy atom. The monoisotopic (exact) mass is 384 g/mol. The summed E-state index contributed by atoms with van der Waals surface area (Å²) in [4.78, 5) is 9.24. The highest BCUT2D eigenvalue weighted by Crippen LogP contribution is 2.29. The average molecular weight is 385 g/mol. The van der Waals surface area contributed by atoms with Gasteiger partial charge in [0.15, 0.2) is 5.16 Å². The number of aryl methyl sites for hydroxylation is 1. The minimum atomic E-state index is 0.289. The normalized spacial score (nSPS) is 11.0. The fraction of sp³-hybridized carbons (Fsp3) is 0.238. The van der Waals surface area contributed by atoms with Gasteiger partial charge in [-0.05, 0) is 42.2 Å². The Balaban J connectivity index is 1.83. The standard InChI is InChI=1S/C21H21ClN2OS/c1-14(2)19-12-20(25-17-9-6-7-15(3)11-17)24-21(23-19)26-13-16-8-4-5-10-18(16)22/h4-12,14H,13H2,1-3H3. The number of halogens is 1. The number of ether oxygens (including phenoxy) is 1. The Hall–Kier alpha value is -2.04. The van der Waals surface area contributed by atoms with Crippen molar-refractivity contribution >= 4 is 23.4 Å². The van der Waals surface area contributed by atoms with Crippen LogP contribution in [-0.4, -0.2) is 9.97 Å². The second-order valence-electron chi connectivity index (χ2n) is 6.37. The molecule has 5 heteroatoms. The van der Waals surface area contributed by atoms with Crippen molar-refractivity contribution in [2.45, 2.75) is 37.6 Å². The first-order valence-corrected chi connectivity index (χ1v) is 9.87. The van der Waals surface area contributed by atoms with Gasteiger partial charge in [-0.15, -0.1) is 0 Å². The molecule has 0 saturated heterocycles. The molecule has 1 aromatic heterocycles. The van der Waals surface area contributed by atoms with Crippen LogP contribution in [0.15, 0.2) is 59.8 Å².